The lowest BCUT2D eigenvalue weighted by atomic mass is 10.2. The maximum Gasteiger partial charge on any atom is 0.346 e. The molecule has 4 rings (SSSR count). The Kier molecular flexibility index (Phi) is 4.68. The van der Waals surface area contributed by atoms with E-state index >= 15 is 0 Å². The molecule has 0 unspecified atom stereocenters. The monoisotopic (exact) mass is 382 g/mol. The number of amides is 1. The Morgan fingerprint density at radius 2 is 1.89 bits per heavy atom. The number of aromatic nitrogens is 3. The maximum absolute atomic E-state index is 13.9. The largest absolute Gasteiger partial charge is 0.497 e. The smallest absolute Gasteiger partial charge is 0.346 e. The van der Waals surface area contributed by atoms with Crippen LogP contribution in [0.4, 0.5) is 4.39 Å². The highest BCUT2D eigenvalue weighted by atomic mass is 19.1. The molecule has 0 saturated heterocycles. The molecule has 3 aromatic rings. The van der Waals surface area contributed by atoms with Gasteiger partial charge in [0, 0.05) is 25.2 Å². The molecule has 1 aromatic heterocycles. The Balaban J connectivity index is 1.59. The number of hydrogen-bond acceptors (Lipinski definition) is 4. The first-order valence-corrected chi connectivity index (χ1v) is 8.90. The van der Waals surface area contributed by atoms with E-state index in [9.17, 15) is 14.0 Å². The maximum atomic E-state index is 13.9. The molecule has 1 aliphatic heterocycles. The third kappa shape index (κ3) is 3.28. The molecular formula is C20H19FN4O3. The zero-order chi connectivity index (χ0) is 19.7. The Bertz CT molecular complexity index is 1090. The summed E-state index contributed by atoms with van der Waals surface area (Å²) < 4.78 is 21.8. The van der Waals surface area contributed by atoms with Gasteiger partial charge >= 0.3 is 5.69 Å². The zero-order valence-corrected chi connectivity index (χ0v) is 15.3. The Labute approximate surface area is 160 Å². The highest BCUT2D eigenvalue weighted by molar-refractivity contribution is 5.91. The molecule has 0 saturated carbocycles. The summed E-state index contributed by atoms with van der Waals surface area (Å²) in [7, 11) is 1.57. The van der Waals surface area contributed by atoms with Gasteiger partial charge in [-0.05, 0) is 23.8 Å². The lowest BCUT2D eigenvalue weighted by Crippen LogP contribution is -2.42. The van der Waals surface area contributed by atoms with Gasteiger partial charge in [-0.2, -0.15) is 0 Å². The Hall–Kier alpha value is -3.42. The van der Waals surface area contributed by atoms with Crippen LogP contribution in [0.1, 0.15) is 21.7 Å². The summed E-state index contributed by atoms with van der Waals surface area (Å²) in [5, 5.41) is 4.24. The molecule has 7 nitrogen and oxygen atoms in total. The van der Waals surface area contributed by atoms with Crippen molar-refractivity contribution < 1.29 is 13.9 Å². The summed E-state index contributed by atoms with van der Waals surface area (Å²) in [5.41, 5.74) is 0.937. The van der Waals surface area contributed by atoms with E-state index in [1.807, 2.05) is 24.3 Å². The van der Waals surface area contributed by atoms with Crippen LogP contribution in [0.2, 0.25) is 0 Å². The minimum atomic E-state index is -0.379. The molecule has 0 aliphatic carbocycles. The first kappa shape index (κ1) is 18.0. The minimum Gasteiger partial charge on any atom is -0.497 e. The highest BCUT2D eigenvalue weighted by Crippen LogP contribution is 2.16. The number of nitrogens with zero attached hydrogens (tertiary/aromatic N) is 4. The summed E-state index contributed by atoms with van der Waals surface area (Å²) >= 11 is 0. The summed E-state index contributed by atoms with van der Waals surface area (Å²) in [5.74, 6) is 0.0231. The molecular weight excluding hydrogens is 363 g/mol. The number of hydrogen-bond donors (Lipinski definition) is 0. The molecule has 144 valence electrons. The van der Waals surface area contributed by atoms with Gasteiger partial charge in [-0.3, -0.25) is 9.36 Å². The molecule has 0 atom stereocenters. The lowest BCUT2D eigenvalue weighted by Gasteiger charge is -2.26. The highest BCUT2D eigenvalue weighted by Gasteiger charge is 2.30. The van der Waals surface area contributed by atoms with Crippen molar-refractivity contribution in [2.24, 2.45) is 0 Å². The summed E-state index contributed by atoms with van der Waals surface area (Å²) in [6.07, 6.45) is 0. The fraction of sp³-hybridized carbons (Fsp3) is 0.250. The average molecular weight is 382 g/mol. The molecule has 0 N–H and O–H groups in total. The van der Waals surface area contributed by atoms with Gasteiger partial charge < -0.3 is 9.64 Å². The van der Waals surface area contributed by atoms with E-state index in [0.29, 0.717) is 24.4 Å². The zero-order valence-electron chi connectivity index (χ0n) is 15.3. The van der Waals surface area contributed by atoms with Crippen LogP contribution in [0.15, 0.2) is 53.3 Å². The van der Waals surface area contributed by atoms with Crippen molar-refractivity contribution >= 4 is 5.91 Å². The van der Waals surface area contributed by atoms with E-state index in [2.05, 4.69) is 5.10 Å². The summed E-state index contributed by atoms with van der Waals surface area (Å²) in [6, 6.07) is 13.7. The minimum absolute atomic E-state index is 0.0792. The molecule has 8 heteroatoms. The van der Waals surface area contributed by atoms with Crippen molar-refractivity contribution in [2.75, 3.05) is 13.7 Å². The van der Waals surface area contributed by atoms with Gasteiger partial charge in [0.1, 0.15) is 11.6 Å². The van der Waals surface area contributed by atoms with E-state index < -0.39 is 0 Å². The van der Waals surface area contributed by atoms with Crippen molar-refractivity contribution in [2.45, 2.75) is 19.6 Å². The molecule has 0 bridgehead atoms. The molecule has 0 spiro atoms. The average Bonchev–Trinajstić information content (AvgIpc) is 3.02. The first-order chi connectivity index (χ1) is 13.6. The second-order valence-electron chi connectivity index (χ2n) is 6.59. The predicted molar refractivity (Wildman–Crippen MR) is 99.7 cm³/mol. The van der Waals surface area contributed by atoms with E-state index in [-0.39, 0.29) is 36.3 Å². The lowest BCUT2D eigenvalue weighted by molar-refractivity contribution is 0.0679. The Morgan fingerprint density at radius 3 is 2.68 bits per heavy atom. The second-order valence-corrected chi connectivity index (χ2v) is 6.59. The van der Waals surface area contributed by atoms with Gasteiger partial charge in [0.2, 0.25) is 5.82 Å². The third-order valence-corrected chi connectivity index (χ3v) is 4.78. The number of fused-ring (bicyclic) bond motifs is 1. The predicted octanol–water partition coefficient (Wildman–Crippen LogP) is 1.90. The normalized spacial score (nSPS) is 13.5. The quantitative estimate of drug-likeness (QED) is 0.676. The van der Waals surface area contributed by atoms with Gasteiger partial charge in [0.05, 0.1) is 13.7 Å². The van der Waals surface area contributed by atoms with Crippen LogP contribution in [-0.4, -0.2) is 38.8 Å². The molecule has 2 heterocycles. The van der Waals surface area contributed by atoms with Gasteiger partial charge in [-0.15, -0.1) is 5.10 Å². The topological polar surface area (TPSA) is 69.4 Å². The fourth-order valence-corrected chi connectivity index (χ4v) is 3.29. The van der Waals surface area contributed by atoms with Crippen LogP contribution in [-0.2, 0) is 19.6 Å². The SMILES string of the molecule is COc1cccc(Cn2nc3n(c2=O)CCN(Cc2ccccc2F)C3=O)c1. The molecule has 1 aliphatic rings. The number of carbonyl (C=O) groups is 1. The fourth-order valence-electron chi connectivity index (χ4n) is 3.29. The van der Waals surface area contributed by atoms with Gasteiger partial charge in [0.25, 0.3) is 5.91 Å². The van der Waals surface area contributed by atoms with Crippen molar-refractivity contribution in [3.8, 4) is 5.75 Å². The number of ether oxygens (including phenoxy) is 1. The molecule has 0 radical (unpaired) electrons. The second kappa shape index (κ2) is 7.30. The van der Waals surface area contributed by atoms with Crippen LogP contribution >= 0.6 is 0 Å². The van der Waals surface area contributed by atoms with Crippen molar-refractivity contribution in [3.63, 3.8) is 0 Å². The van der Waals surface area contributed by atoms with Crippen LogP contribution in [0.5, 0.6) is 5.75 Å². The molecule has 2 aromatic carbocycles. The standard InChI is InChI=1S/C20H19FN4O3/c1-28-16-7-4-5-14(11-16)12-25-20(27)24-10-9-23(19(26)18(24)22-25)13-15-6-2-3-8-17(15)21/h2-8,11H,9-10,12-13H2,1H3. The van der Waals surface area contributed by atoms with E-state index in [4.69, 9.17) is 4.74 Å². The van der Waals surface area contributed by atoms with E-state index in [1.165, 1.54) is 20.2 Å². The number of carbonyl (C=O) groups excluding carboxylic acids is 1. The van der Waals surface area contributed by atoms with Crippen LogP contribution in [0.3, 0.4) is 0 Å². The van der Waals surface area contributed by atoms with Crippen molar-refractivity contribution in [3.05, 3.63) is 81.8 Å². The van der Waals surface area contributed by atoms with Gasteiger partial charge in [-0.1, -0.05) is 30.3 Å². The van der Waals surface area contributed by atoms with Crippen molar-refractivity contribution in [1.82, 2.24) is 19.2 Å². The van der Waals surface area contributed by atoms with Crippen LogP contribution < -0.4 is 10.4 Å². The molecule has 0 fully saturated rings. The summed E-state index contributed by atoms with van der Waals surface area (Å²) in [6.45, 7) is 1.02. The Morgan fingerprint density at radius 1 is 1.07 bits per heavy atom. The molecule has 28 heavy (non-hydrogen) atoms. The number of rotatable bonds is 5. The first-order valence-electron chi connectivity index (χ1n) is 8.90. The van der Waals surface area contributed by atoms with Gasteiger partial charge in [-0.25, -0.2) is 13.9 Å². The molecule has 1 amide bonds. The number of benzene rings is 2. The number of halogens is 1. The third-order valence-electron chi connectivity index (χ3n) is 4.78. The van der Waals surface area contributed by atoms with E-state index in [1.54, 1.807) is 25.3 Å². The van der Waals surface area contributed by atoms with E-state index in [0.717, 1.165) is 5.56 Å². The van der Waals surface area contributed by atoms with Crippen LogP contribution in [0.25, 0.3) is 0 Å². The van der Waals surface area contributed by atoms with Gasteiger partial charge in [0.15, 0.2) is 0 Å². The summed E-state index contributed by atoms with van der Waals surface area (Å²) in [4.78, 5) is 26.9. The van der Waals surface area contributed by atoms with Crippen LogP contribution in [0, 0.1) is 5.82 Å². The van der Waals surface area contributed by atoms with Crippen molar-refractivity contribution in [1.29, 1.82) is 0 Å². The number of methoxy groups -OCH3 is 1.